The zero-order valence-corrected chi connectivity index (χ0v) is 14.0. The van der Waals surface area contributed by atoms with Crippen LogP contribution in [0.5, 0.6) is 17.2 Å². The monoisotopic (exact) mass is 359 g/mol. The van der Waals surface area contributed by atoms with Crippen molar-refractivity contribution in [1.29, 1.82) is 0 Å². The van der Waals surface area contributed by atoms with Gasteiger partial charge in [-0.3, -0.25) is 9.59 Å². The number of carbonyl (C=O) groups is 2. The first-order valence-corrected chi connectivity index (χ1v) is 7.71. The van der Waals surface area contributed by atoms with Crippen LogP contribution < -0.4 is 14.8 Å². The number of halogens is 1. The minimum atomic E-state index is -0.265. The molecule has 2 aromatic rings. The average molecular weight is 360 g/mol. The zero-order chi connectivity index (χ0) is 18.0. The number of ether oxygens (including phenoxy) is 2. The Labute approximate surface area is 148 Å². The van der Waals surface area contributed by atoms with Crippen molar-refractivity contribution in [1.82, 2.24) is 0 Å². The van der Waals surface area contributed by atoms with Crippen LogP contribution in [0.15, 0.2) is 36.4 Å². The van der Waals surface area contributed by atoms with Gasteiger partial charge in [-0.05, 0) is 42.0 Å². The third-order valence-electron chi connectivity index (χ3n) is 3.59. The Hall–Kier alpha value is -2.99. The number of nitrogens with one attached hydrogen (secondary N) is 1. The molecule has 0 saturated carbocycles. The summed E-state index contributed by atoms with van der Waals surface area (Å²) in [6.45, 7) is -0.0381. The molecule has 0 unspecified atom stereocenters. The molecule has 7 heteroatoms. The maximum Gasteiger partial charge on any atom is 0.262 e. The molecule has 0 fully saturated rings. The summed E-state index contributed by atoms with van der Waals surface area (Å²) < 4.78 is 10.3. The van der Waals surface area contributed by atoms with Gasteiger partial charge in [-0.1, -0.05) is 17.7 Å². The Kier molecular flexibility index (Phi) is 4.63. The van der Waals surface area contributed by atoms with Crippen LogP contribution in [0.2, 0.25) is 5.02 Å². The average Bonchev–Trinajstić information content (AvgIpc) is 2.61. The zero-order valence-electron chi connectivity index (χ0n) is 13.2. The van der Waals surface area contributed by atoms with E-state index in [0.29, 0.717) is 22.6 Å². The van der Waals surface area contributed by atoms with Crippen molar-refractivity contribution in [2.24, 2.45) is 0 Å². The lowest BCUT2D eigenvalue weighted by molar-refractivity contribution is -0.118. The molecule has 25 heavy (non-hydrogen) atoms. The summed E-state index contributed by atoms with van der Waals surface area (Å²) in [5.41, 5.74) is 1.46. The predicted molar refractivity (Wildman–Crippen MR) is 93.6 cm³/mol. The lowest BCUT2D eigenvalue weighted by Crippen LogP contribution is -2.25. The summed E-state index contributed by atoms with van der Waals surface area (Å²) >= 11 is 5.92. The van der Waals surface area contributed by atoms with E-state index >= 15 is 0 Å². The van der Waals surface area contributed by atoms with Crippen LogP contribution in [-0.4, -0.2) is 30.5 Å². The summed E-state index contributed by atoms with van der Waals surface area (Å²) in [4.78, 5) is 23.7. The fraction of sp³-hybridized carbons (Fsp3) is 0.111. The van der Waals surface area contributed by atoms with E-state index in [1.165, 1.54) is 19.3 Å². The van der Waals surface area contributed by atoms with Gasteiger partial charge in [0, 0.05) is 5.56 Å². The van der Waals surface area contributed by atoms with E-state index in [9.17, 15) is 14.7 Å². The van der Waals surface area contributed by atoms with E-state index in [0.717, 1.165) is 0 Å². The van der Waals surface area contributed by atoms with E-state index in [1.807, 2.05) is 0 Å². The molecular weight excluding hydrogens is 346 g/mol. The number of aromatic hydroxyl groups is 1. The minimum absolute atomic E-state index is 0.0381. The van der Waals surface area contributed by atoms with Crippen LogP contribution in [0.3, 0.4) is 0 Å². The van der Waals surface area contributed by atoms with Crippen molar-refractivity contribution < 1.29 is 24.2 Å². The lowest BCUT2D eigenvalue weighted by Gasteiger charge is -2.17. The molecule has 0 atom stereocenters. The van der Waals surface area contributed by atoms with Gasteiger partial charge in [-0.2, -0.15) is 0 Å². The normalized spacial score (nSPS) is 13.1. The second kappa shape index (κ2) is 6.86. The van der Waals surface area contributed by atoms with Gasteiger partial charge >= 0.3 is 0 Å². The molecule has 1 aliphatic rings. The molecule has 6 nitrogen and oxygen atoms in total. The molecule has 128 valence electrons. The Balaban J connectivity index is 1.83. The van der Waals surface area contributed by atoms with Gasteiger partial charge in [0.05, 0.1) is 17.8 Å². The summed E-state index contributed by atoms with van der Waals surface area (Å²) in [7, 11) is 1.41. The molecule has 0 aliphatic carbocycles. The molecular formula is C18H14ClNO5. The SMILES string of the molecule is COc1cc(/C=C/C(=O)c2ccc3c(c2)NC(=O)CO3)cc(Cl)c1O. The number of fused-ring (bicyclic) bond motifs is 1. The van der Waals surface area contributed by atoms with Gasteiger partial charge in [0.2, 0.25) is 0 Å². The Morgan fingerprint density at radius 1 is 1.36 bits per heavy atom. The van der Waals surface area contributed by atoms with Crippen molar-refractivity contribution in [3.63, 3.8) is 0 Å². The number of amides is 1. The molecule has 2 N–H and O–H groups in total. The third-order valence-corrected chi connectivity index (χ3v) is 3.88. The summed E-state index contributed by atoms with van der Waals surface area (Å²) in [6, 6.07) is 7.89. The number of methoxy groups -OCH3 is 1. The molecule has 2 aromatic carbocycles. The van der Waals surface area contributed by atoms with Gasteiger partial charge in [0.1, 0.15) is 5.75 Å². The molecule has 0 bridgehead atoms. The lowest BCUT2D eigenvalue weighted by atomic mass is 10.1. The van der Waals surface area contributed by atoms with Crippen molar-refractivity contribution in [3.8, 4) is 17.2 Å². The highest BCUT2D eigenvalue weighted by Gasteiger charge is 2.17. The Morgan fingerprint density at radius 3 is 2.92 bits per heavy atom. The maximum absolute atomic E-state index is 12.3. The number of phenolic OH excluding ortho intramolecular Hbond substituents is 1. The number of rotatable bonds is 4. The topological polar surface area (TPSA) is 84.9 Å². The number of phenols is 1. The number of hydrogen-bond acceptors (Lipinski definition) is 5. The van der Waals surface area contributed by atoms with Crippen LogP contribution in [0.1, 0.15) is 15.9 Å². The highest BCUT2D eigenvalue weighted by molar-refractivity contribution is 6.32. The van der Waals surface area contributed by atoms with Gasteiger partial charge in [0.25, 0.3) is 5.91 Å². The first kappa shape index (κ1) is 16.9. The summed E-state index contributed by atoms with van der Waals surface area (Å²) in [5.74, 6) is 0.0609. The van der Waals surface area contributed by atoms with E-state index in [2.05, 4.69) is 5.32 Å². The maximum atomic E-state index is 12.3. The summed E-state index contributed by atoms with van der Waals surface area (Å²) in [6.07, 6.45) is 2.93. The Bertz CT molecular complexity index is 891. The van der Waals surface area contributed by atoms with E-state index in [4.69, 9.17) is 21.1 Å². The highest BCUT2D eigenvalue weighted by Crippen LogP contribution is 2.35. The largest absolute Gasteiger partial charge is 0.503 e. The minimum Gasteiger partial charge on any atom is -0.503 e. The third kappa shape index (κ3) is 3.59. The van der Waals surface area contributed by atoms with Crippen LogP contribution in [0.25, 0.3) is 6.08 Å². The van der Waals surface area contributed by atoms with Crippen molar-refractivity contribution in [2.45, 2.75) is 0 Å². The Morgan fingerprint density at radius 2 is 2.16 bits per heavy atom. The van der Waals surface area contributed by atoms with Crippen molar-refractivity contribution in [2.75, 3.05) is 19.0 Å². The van der Waals surface area contributed by atoms with Crippen LogP contribution in [-0.2, 0) is 4.79 Å². The molecule has 0 saturated heterocycles. The number of allylic oxidation sites excluding steroid dienone is 1. The molecule has 0 aromatic heterocycles. The van der Waals surface area contributed by atoms with Crippen molar-refractivity contribution >= 4 is 35.1 Å². The van der Waals surface area contributed by atoms with Crippen LogP contribution in [0, 0.1) is 0 Å². The van der Waals surface area contributed by atoms with E-state index < -0.39 is 0 Å². The van der Waals surface area contributed by atoms with Crippen molar-refractivity contribution in [3.05, 3.63) is 52.6 Å². The standard InChI is InChI=1S/C18H14ClNO5/c1-24-16-7-10(6-12(19)18(16)23)2-4-14(21)11-3-5-15-13(8-11)20-17(22)9-25-15/h2-8,23H,9H2,1H3,(H,20,22)/b4-2+. The van der Waals surface area contributed by atoms with Gasteiger partial charge in [-0.15, -0.1) is 0 Å². The first-order valence-electron chi connectivity index (χ1n) is 7.33. The number of benzene rings is 2. The van der Waals surface area contributed by atoms with Crippen LogP contribution >= 0.6 is 11.6 Å². The number of anilines is 1. The second-order valence-corrected chi connectivity index (χ2v) is 5.71. The number of ketones is 1. The summed E-state index contributed by atoms with van der Waals surface area (Å²) in [5, 5.41) is 12.5. The van der Waals surface area contributed by atoms with E-state index in [1.54, 1.807) is 30.3 Å². The molecule has 1 aliphatic heterocycles. The quantitative estimate of drug-likeness (QED) is 0.646. The predicted octanol–water partition coefficient (Wildman–Crippen LogP) is 3.28. The molecule has 1 heterocycles. The molecule has 0 spiro atoms. The first-order chi connectivity index (χ1) is 12.0. The van der Waals surface area contributed by atoms with Gasteiger partial charge < -0.3 is 19.9 Å². The highest BCUT2D eigenvalue weighted by atomic mass is 35.5. The van der Waals surface area contributed by atoms with Gasteiger partial charge in [-0.25, -0.2) is 0 Å². The fourth-order valence-electron chi connectivity index (χ4n) is 2.35. The fourth-order valence-corrected chi connectivity index (χ4v) is 2.57. The second-order valence-electron chi connectivity index (χ2n) is 5.30. The number of carbonyl (C=O) groups excluding carboxylic acids is 2. The smallest absolute Gasteiger partial charge is 0.262 e. The molecule has 0 radical (unpaired) electrons. The van der Waals surface area contributed by atoms with E-state index in [-0.39, 0.29) is 34.8 Å². The molecule has 3 rings (SSSR count). The van der Waals surface area contributed by atoms with Crippen LogP contribution in [0.4, 0.5) is 5.69 Å². The number of hydrogen-bond donors (Lipinski definition) is 2. The molecule has 1 amide bonds. The van der Waals surface area contributed by atoms with Gasteiger partial charge in [0.15, 0.2) is 23.9 Å².